The summed E-state index contributed by atoms with van der Waals surface area (Å²) in [6.45, 7) is 0. The first kappa shape index (κ1) is 20.6. The van der Waals surface area contributed by atoms with Crippen LogP contribution in [0.5, 0.6) is 0 Å². The van der Waals surface area contributed by atoms with E-state index in [0.29, 0.717) is 0 Å². The molecule has 3 rings (SSSR count). The summed E-state index contributed by atoms with van der Waals surface area (Å²) in [6, 6.07) is 12.7. The topological polar surface area (TPSA) is 37.3 Å². The maximum Gasteiger partial charge on any atom is 0.460 e. The minimum absolute atomic E-state index is 1.31. The lowest BCUT2D eigenvalue weighted by molar-refractivity contribution is -0.382. The summed E-state index contributed by atoms with van der Waals surface area (Å²) in [5.74, 6) is -14.1. The normalized spacial score (nSPS) is 15.1. The zero-order valence-electron chi connectivity index (χ0n) is 11.2. The number of fused-ring (bicyclic) bond motifs is 3. The second-order valence-electron chi connectivity index (χ2n) is 4.53. The van der Waals surface area contributed by atoms with Crippen LogP contribution in [0, 0.1) is 0 Å². The summed E-state index contributed by atoms with van der Waals surface area (Å²) in [5, 5.41) is 2.61. The average molecular weight is 386 g/mol. The Morgan fingerprint density at radius 3 is 1.12 bits per heavy atom. The molecule has 12 heteroatoms. The van der Waals surface area contributed by atoms with Gasteiger partial charge in [-0.05, 0) is 10.8 Å². The fourth-order valence-corrected chi connectivity index (χ4v) is 1.85. The van der Waals surface area contributed by atoms with Gasteiger partial charge in [0.1, 0.15) is 0 Å². The van der Waals surface area contributed by atoms with Gasteiger partial charge in [0.2, 0.25) is 0 Å². The standard InChI is InChI=1S/C8H6.C4H2F9O2P/c1-2-8-5-3-7(1)4-6-8;5-1(6,3(9,10)11)2(7,8)4(12,13)16(14)15/h1-6H;16H,(H,14,15). The maximum atomic E-state index is 12.2. The Labute approximate surface area is 129 Å². The molecular weight excluding hydrogens is 378 g/mol. The van der Waals surface area contributed by atoms with E-state index >= 15 is 0 Å². The lowest BCUT2D eigenvalue weighted by Gasteiger charge is -2.31. The van der Waals surface area contributed by atoms with E-state index in [4.69, 9.17) is 4.89 Å². The molecule has 1 unspecified atom stereocenters. The molecule has 3 aromatic carbocycles. The van der Waals surface area contributed by atoms with Crippen molar-refractivity contribution in [1.82, 2.24) is 0 Å². The number of rotatable bonds is 3. The third-order valence-electron chi connectivity index (χ3n) is 2.82. The zero-order chi connectivity index (χ0) is 19.0. The van der Waals surface area contributed by atoms with Crippen LogP contribution in [0.4, 0.5) is 39.5 Å². The van der Waals surface area contributed by atoms with Gasteiger partial charge in [-0.15, -0.1) is 0 Å². The number of hydrogen-bond acceptors (Lipinski definition) is 1. The van der Waals surface area contributed by atoms with Gasteiger partial charge >= 0.3 is 23.7 Å². The van der Waals surface area contributed by atoms with Crippen molar-refractivity contribution in [1.29, 1.82) is 0 Å². The van der Waals surface area contributed by atoms with Crippen molar-refractivity contribution in [2.24, 2.45) is 0 Å². The molecule has 0 saturated heterocycles. The largest absolute Gasteiger partial charge is 0.460 e. The molecule has 0 aromatic heterocycles. The molecule has 3 aromatic rings. The summed E-state index contributed by atoms with van der Waals surface area (Å²) >= 11 is 0. The molecule has 2 nitrogen and oxygen atoms in total. The van der Waals surface area contributed by atoms with E-state index in [1.807, 2.05) is 0 Å². The van der Waals surface area contributed by atoms with Gasteiger partial charge < -0.3 is 4.89 Å². The molecule has 136 valence electrons. The monoisotopic (exact) mass is 386 g/mol. The summed E-state index contributed by atoms with van der Waals surface area (Å²) in [6.07, 6.45) is -6.97. The van der Waals surface area contributed by atoms with Crippen molar-refractivity contribution < 1.29 is 49.0 Å². The Hall–Kier alpha value is -1.48. The molecule has 0 saturated carbocycles. The Morgan fingerprint density at radius 1 is 0.667 bits per heavy atom. The van der Waals surface area contributed by atoms with Gasteiger partial charge in [-0.25, -0.2) is 0 Å². The molecule has 0 amide bonds. The minimum atomic E-state index is -7.12. The second-order valence-corrected chi connectivity index (χ2v) is 5.76. The van der Waals surface area contributed by atoms with Crippen molar-refractivity contribution in [3.05, 3.63) is 36.4 Å². The predicted molar refractivity (Wildman–Crippen MR) is 67.3 cm³/mol. The molecule has 0 aliphatic heterocycles. The summed E-state index contributed by atoms with van der Waals surface area (Å²) in [5.41, 5.74) is -6.36. The molecule has 2 bridgehead atoms. The van der Waals surface area contributed by atoms with E-state index in [1.165, 1.54) is 10.8 Å². The summed E-state index contributed by atoms with van der Waals surface area (Å²) < 4.78 is 116. The lowest BCUT2D eigenvalue weighted by atomic mass is 10.1. The Kier molecular flexibility index (Phi) is 5.52. The summed E-state index contributed by atoms with van der Waals surface area (Å²) in [4.78, 5) is 7.66. The van der Waals surface area contributed by atoms with E-state index < -0.39 is 31.7 Å². The molecule has 1 atom stereocenters. The van der Waals surface area contributed by atoms with Crippen LogP contribution in [0.25, 0.3) is 10.8 Å². The van der Waals surface area contributed by atoms with Crippen LogP contribution in [0.3, 0.4) is 0 Å². The van der Waals surface area contributed by atoms with Gasteiger partial charge in [0, 0.05) is 0 Å². The van der Waals surface area contributed by atoms with E-state index in [1.54, 1.807) is 0 Å². The van der Waals surface area contributed by atoms with Gasteiger partial charge in [0.25, 0.3) is 8.03 Å². The Morgan fingerprint density at radius 2 is 0.958 bits per heavy atom. The SMILES string of the molecule is O=[PH](O)C(F)(F)C(F)(F)C(F)(F)C(F)(F)F.c1cc2ccc1cc2. The highest BCUT2D eigenvalue weighted by Gasteiger charge is 2.83. The second kappa shape index (κ2) is 6.44. The van der Waals surface area contributed by atoms with E-state index in [2.05, 4.69) is 36.4 Å². The molecule has 0 aliphatic rings. The summed E-state index contributed by atoms with van der Waals surface area (Å²) in [7, 11) is -5.62. The van der Waals surface area contributed by atoms with Crippen molar-refractivity contribution in [2.75, 3.05) is 0 Å². The van der Waals surface area contributed by atoms with E-state index in [0.717, 1.165) is 0 Å². The highest BCUT2D eigenvalue weighted by Crippen LogP contribution is 2.59. The fraction of sp³-hybridized carbons (Fsp3) is 0.333. The average Bonchev–Trinajstić information content (AvgIpc) is 2.48. The third kappa shape index (κ3) is 3.61. The zero-order valence-corrected chi connectivity index (χ0v) is 12.2. The van der Waals surface area contributed by atoms with Crippen LogP contribution in [0.15, 0.2) is 36.4 Å². The molecule has 24 heavy (non-hydrogen) atoms. The highest BCUT2D eigenvalue weighted by molar-refractivity contribution is 7.39. The predicted octanol–water partition coefficient (Wildman–Crippen LogP) is 5.16. The smallest absolute Gasteiger partial charge is 0.342 e. The van der Waals surface area contributed by atoms with Crippen molar-refractivity contribution >= 4 is 18.8 Å². The number of alkyl halides is 9. The number of hydrogen-bond donors (Lipinski definition) is 1. The van der Waals surface area contributed by atoms with Gasteiger partial charge in [0.05, 0.1) is 0 Å². The first-order chi connectivity index (χ1) is 10.6. The maximum absolute atomic E-state index is 12.2. The Balaban J connectivity index is 0.000000292. The molecule has 0 heterocycles. The van der Waals surface area contributed by atoms with Crippen LogP contribution in [0.2, 0.25) is 0 Å². The lowest BCUT2D eigenvalue weighted by Crippen LogP contribution is -2.59. The Bertz CT molecular complexity index is 621. The van der Waals surface area contributed by atoms with Crippen LogP contribution in [0.1, 0.15) is 0 Å². The first-order valence-electron chi connectivity index (χ1n) is 5.86. The molecule has 0 spiro atoms. The minimum Gasteiger partial charge on any atom is -0.342 e. The van der Waals surface area contributed by atoms with Crippen LogP contribution < -0.4 is 0 Å². The van der Waals surface area contributed by atoms with Gasteiger partial charge in [-0.2, -0.15) is 39.5 Å². The molecule has 0 radical (unpaired) electrons. The van der Waals surface area contributed by atoms with Crippen molar-refractivity contribution in [2.45, 2.75) is 23.7 Å². The molecule has 1 N–H and O–H groups in total. The van der Waals surface area contributed by atoms with Crippen LogP contribution >= 0.6 is 8.03 Å². The highest BCUT2D eigenvalue weighted by atomic mass is 31.1. The molecule has 0 fully saturated rings. The number of halogens is 9. The van der Waals surface area contributed by atoms with Gasteiger partial charge in [-0.3, -0.25) is 4.57 Å². The van der Waals surface area contributed by atoms with Crippen LogP contribution in [-0.2, 0) is 4.57 Å². The third-order valence-corrected chi connectivity index (χ3v) is 3.67. The number of benzene rings is 3. The van der Waals surface area contributed by atoms with Gasteiger partial charge in [-0.1, -0.05) is 36.4 Å². The van der Waals surface area contributed by atoms with E-state index in [9.17, 15) is 44.1 Å². The molecular formula is C12H8F9O2P. The van der Waals surface area contributed by atoms with Crippen molar-refractivity contribution in [3.63, 3.8) is 0 Å². The quantitative estimate of drug-likeness (QED) is 0.585. The van der Waals surface area contributed by atoms with E-state index in [-0.39, 0.29) is 0 Å². The first-order valence-corrected chi connectivity index (χ1v) is 7.22. The van der Waals surface area contributed by atoms with Gasteiger partial charge in [0.15, 0.2) is 0 Å². The molecule has 0 aliphatic carbocycles. The van der Waals surface area contributed by atoms with Crippen LogP contribution in [-0.4, -0.2) is 28.6 Å². The fourth-order valence-electron chi connectivity index (χ4n) is 1.42. The van der Waals surface area contributed by atoms with Crippen molar-refractivity contribution in [3.8, 4) is 0 Å².